The van der Waals surface area contributed by atoms with Gasteiger partial charge in [0, 0.05) is 0 Å². The van der Waals surface area contributed by atoms with Gasteiger partial charge in [0.15, 0.2) is 0 Å². The third kappa shape index (κ3) is 2.14. The van der Waals surface area contributed by atoms with Gasteiger partial charge >= 0.3 is 0 Å². The van der Waals surface area contributed by atoms with Crippen LogP contribution < -0.4 is 0 Å². The first-order chi connectivity index (χ1) is 8.05. The van der Waals surface area contributed by atoms with Crippen molar-refractivity contribution in [1.82, 2.24) is 0 Å². The van der Waals surface area contributed by atoms with Crippen LogP contribution in [0.5, 0.6) is 0 Å². The molecule has 1 saturated carbocycles. The molecule has 0 spiro atoms. The number of ketones is 1. The summed E-state index contributed by atoms with van der Waals surface area (Å²) >= 11 is 0. The maximum absolute atomic E-state index is 11.8. The zero-order valence-electron chi connectivity index (χ0n) is 10.5. The summed E-state index contributed by atoms with van der Waals surface area (Å²) in [6.07, 6.45) is 2.70. The summed E-state index contributed by atoms with van der Waals surface area (Å²) in [5, 5.41) is 10.9. The van der Waals surface area contributed by atoms with E-state index in [0.717, 1.165) is 18.4 Å². The summed E-state index contributed by atoms with van der Waals surface area (Å²) < 4.78 is 0. The molecule has 1 aliphatic carbocycles. The Balaban J connectivity index is 2.42. The van der Waals surface area contributed by atoms with E-state index < -0.39 is 5.60 Å². The van der Waals surface area contributed by atoms with E-state index in [2.05, 4.69) is 6.92 Å². The van der Waals surface area contributed by atoms with Crippen LogP contribution in [0.4, 0.5) is 0 Å². The van der Waals surface area contributed by atoms with E-state index in [4.69, 9.17) is 0 Å². The predicted molar refractivity (Wildman–Crippen MR) is 67.5 cm³/mol. The van der Waals surface area contributed by atoms with Crippen LogP contribution in [0.2, 0.25) is 0 Å². The highest BCUT2D eigenvalue weighted by molar-refractivity contribution is 5.80. The van der Waals surface area contributed by atoms with Crippen molar-refractivity contribution in [3.05, 3.63) is 35.9 Å². The molecule has 1 aliphatic rings. The van der Waals surface area contributed by atoms with Gasteiger partial charge in [0.1, 0.15) is 5.78 Å². The Hall–Kier alpha value is -1.15. The van der Waals surface area contributed by atoms with Crippen molar-refractivity contribution in [3.63, 3.8) is 0 Å². The molecule has 17 heavy (non-hydrogen) atoms. The van der Waals surface area contributed by atoms with Gasteiger partial charge in [-0.1, -0.05) is 37.3 Å². The van der Waals surface area contributed by atoms with Crippen LogP contribution in [-0.4, -0.2) is 10.9 Å². The maximum atomic E-state index is 11.8. The lowest BCUT2D eigenvalue weighted by molar-refractivity contribution is -0.140. The topological polar surface area (TPSA) is 37.3 Å². The molecule has 1 N–H and O–H groups in total. The Labute approximate surface area is 103 Å². The van der Waals surface area contributed by atoms with Crippen molar-refractivity contribution in [2.75, 3.05) is 0 Å². The minimum atomic E-state index is -0.967. The van der Waals surface area contributed by atoms with Gasteiger partial charge in [-0.25, -0.2) is 0 Å². The van der Waals surface area contributed by atoms with Gasteiger partial charge in [-0.05, 0) is 37.7 Å². The zero-order chi connectivity index (χ0) is 12.5. The smallest absolute Gasteiger partial charge is 0.136 e. The third-order valence-corrected chi connectivity index (χ3v) is 4.01. The molecule has 0 aliphatic heterocycles. The van der Waals surface area contributed by atoms with Gasteiger partial charge < -0.3 is 5.11 Å². The minimum Gasteiger partial charge on any atom is -0.384 e. The molecule has 1 aromatic carbocycles. The van der Waals surface area contributed by atoms with Crippen LogP contribution in [0.15, 0.2) is 30.3 Å². The highest BCUT2D eigenvalue weighted by atomic mass is 16.3. The molecule has 1 aromatic rings. The molecular formula is C15H20O2. The highest BCUT2D eigenvalue weighted by Gasteiger charge is 2.46. The van der Waals surface area contributed by atoms with Gasteiger partial charge in [0.05, 0.1) is 11.5 Å². The Morgan fingerprint density at radius 1 is 1.35 bits per heavy atom. The van der Waals surface area contributed by atoms with E-state index in [1.165, 1.54) is 0 Å². The van der Waals surface area contributed by atoms with Crippen molar-refractivity contribution in [2.24, 2.45) is 11.8 Å². The molecule has 0 heterocycles. The summed E-state index contributed by atoms with van der Waals surface area (Å²) in [6, 6.07) is 9.62. The maximum Gasteiger partial charge on any atom is 0.136 e. The van der Waals surface area contributed by atoms with E-state index in [1.807, 2.05) is 30.3 Å². The predicted octanol–water partition coefficient (Wildman–Crippen LogP) is 2.90. The van der Waals surface area contributed by atoms with Crippen LogP contribution in [0.3, 0.4) is 0 Å². The van der Waals surface area contributed by atoms with Crippen LogP contribution in [0, 0.1) is 11.8 Å². The molecule has 0 amide bonds. The number of benzene rings is 1. The van der Waals surface area contributed by atoms with Crippen molar-refractivity contribution in [1.29, 1.82) is 0 Å². The summed E-state index contributed by atoms with van der Waals surface area (Å²) in [7, 11) is 0. The summed E-state index contributed by atoms with van der Waals surface area (Å²) in [4.78, 5) is 11.8. The summed E-state index contributed by atoms with van der Waals surface area (Å²) in [6.45, 7) is 3.67. The molecule has 0 radical (unpaired) electrons. The number of carbonyl (C=O) groups excluding carboxylic acids is 1. The third-order valence-electron chi connectivity index (χ3n) is 4.01. The molecule has 2 nitrogen and oxygen atoms in total. The Morgan fingerprint density at radius 3 is 2.59 bits per heavy atom. The molecule has 92 valence electrons. The van der Waals surface area contributed by atoms with E-state index in [-0.39, 0.29) is 17.6 Å². The van der Waals surface area contributed by atoms with Crippen molar-refractivity contribution >= 4 is 5.78 Å². The van der Waals surface area contributed by atoms with Gasteiger partial charge in [-0.3, -0.25) is 4.79 Å². The number of hydrogen-bond acceptors (Lipinski definition) is 2. The Morgan fingerprint density at radius 2 is 2.00 bits per heavy atom. The first kappa shape index (κ1) is 12.3. The number of hydrogen-bond donors (Lipinski definition) is 1. The monoisotopic (exact) mass is 232 g/mol. The molecule has 0 bridgehead atoms. The van der Waals surface area contributed by atoms with Gasteiger partial charge in [0.25, 0.3) is 0 Å². The van der Waals surface area contributed by atoms with Gasteiger partial charge in [0.2, 0.25) is 0 Å². The average molecular weight is 232 g/mol. The van der Waals surface area contributed by atoms with E-state index in [1.54, 1.807) is 6.92 Å². The van der Waals surface area contributed by atoms with Crippen LogP contribution >= 0.6 is 0 Å². The standard InChI is InChI=1S/C15H20O2/c1-11-7-6-10-15(17,14(11)12(2)16)13-8-4-3-5-9-13/h3-5,8-9,11,14,17H,6-7,10H2,1-2H3/t11-,14-,15+/m0/s1. The second-order valence-corrected chi connectivity index (χ2v) is 5.25. The fourth-order valence-corrected chi connectivity index (χ4v) is 3.27. The first-order valence-electron chi connectivity index (χ1n) is 6.34. The summed E-state index contributed by atoms with van der Waals surface area (Å²) in [5.41, 5.74) is -0.0862. The Bertz CT molecular complexity index is 399. The summed E-state index contributed by atoms with van der Waals surface area (Å²) in [5.74, 6) is 0.0914. The quantitative estimate of drug-likeness (QED) is 0.851. The lowest BCUT2D eigenvalue weighted by Gasteiger charge is -2.42. The second kappa shape index (κ2) is 4.61. The molecular weight excluding hydrogens is 212 g/mol. The van der Waals surface area contributed by atoms with Crippen LogP contribution in [0.1, 0.15) is 38.7 Å². The molecule has 1 fully saturated rings. The van der Waals surface area contributed by atoms with Crippen molar-refractivity contribution < 1.29 is 9.90 Å². The molecule has 2 heteroatoms. The average Bonchev–Trinajstić information content (AvgIpc) is 2.29. The lowest BCUT2D eigenvalue weighted by atomic mass is 9.65. The normalized spacial score (nSPS) is 33.4. The zero-order valence-corrected chi connectivity index (χ0v) is 10.5. The number of carbonyl (C=O) groups is 1. The van der Waals surface area contributed by atoms with E-state index >= 15 is 0 Å². The largest absolute Gasteiger partial charge is 0.384 e. The molecule has 0 saturated heterocycles. The molecule has 0 unspecified atom stereocenters. The first-order valence-corrected chi connectivity index (χ1v) is 6.34. The fourth-order valence-electron chi connectivity index (χ4n) is 3.27. The molecule has 3 atom stereocenters. The number of aliphatic hydroxyl groups is 1. The van der Waals surface area contributed by atoms with Crippen LogP contribution in [0.25, 0.3) is 0 Å². The van der Waals surface area contributed by atoms with Crippen LogP contribution in [-0.2, 0) is 10.4 Å². The SMILES string of the molecule is CC(=O)[C@@H]1[C@@H](C)CCC[C@@]1(O)c1ccccc1. The highest BCUT2D eigenvalue weighted by Crippen LogP contribution is 2.44. The lowest BCUT2D eigenvalue weighted by Crippen LogP contribution is -2.45. The molecule has 0 aromatic heterocycles. The van der Waals surface area contributed by atoms with E-state index in [0.29, 0.717) is 6.42 Å². The molecule has 2 rings (SSSR count). The number of Topliss-reactive ketones (excluding diaryl/α,β-unsaturated/α-hetero) is 1. The van der Waals surface area contributed by atoms with Crippen molar-refractivity contribution in [2.45, 2.75) is 38.7 Å². The van der Waals surface area contributed by atoms with Gasteiger partial charge in [-0.15, -0.1) is 0 Å². The van der Waals surface area contributed by atoms with Gasteiger partial charge in [-0.2, -0.15) is 0 Å². The second-order valence-electron chi connectivity index (χ2n) is 5.25. The number of rotatable bonds is 2. The minimum absolute atomic E-state index is 0.101. The fraction of sp³-hybridized carbons (Fsp3) is 0.533. The Kier molecular flexibility index (Phi) is 3.34. The van der Waals surface area contributed by atoms with E-state index in [9.17, 15) is 9.90 Å². The van der Waals surface area contributed by atoms with Crippen molar-refractivity contribution in [3.8, 4) is 0 Å².